The van der Waals surface area contributed by atoms with Crippen LogP contribution in [0.25, 0.3) is 11.3 Å². The molecule has 2 heterocycles. The van der Waals surface area contributed by atoms with Gasteiger partial charge in [0.25, 0.3) is 11.3 Å². The molecule has 2 aromatic heterocycles. The topological polar surface area (TPSA) is 67.2 Å². The first kappa shape index (κ1) is 27.0. The summed E-state index contributed by atoms with van der Waals surface area (Å²) in [6, 6.07) is 31.0. The van der Waals surface area contributed by atoms with Crippen LogP contribution in [0.15, 0.2) is 108 Å². The van der Waals surface area contributed by atoms with Gasteiger partial charge in [-0.05, 0) is 56.3 Å². The van der Waals surface area contributed by atoms with Crippen molar-refractivity contribution < 1.29 is 26.4 Å². The van der Waals surface area contributed by atoms with Crippen molar-refractivity contribution in [2.24, 2.45) is 0 Å². The van der Waals surface area contributed by atoms with Gasteiger partial charge in [-0.25, -0.2) is 0 Å². The number of anilines is 2. The van der Waals surface area contributed by atoms with Crippen LogP contribution < -0.4 is 27.4 Å². The van der Waals surface area contributed by atoms with Gasteiger partial charge in [-0.1, -0.05) is 71.4 Å². The predicted molar refractivity (Wildman–Crippen MR) is 149 cm³/mol. The molecule has 8 heteroatoms. The minimum Gasteiger partial charge on any atom is -1.00 e. The molecule has 0 aliphatic carbocycles. The van der Waals surface area contributed by atoms with Crippen molar-refractivity contribution >= 4 is 40.6 Å². The lowest BCUT2D eigenvalue weighted by Gasteiger charge is -2.07. The average molecular weight is 543 g/mol. The quantitative estimate of drug-likeness (QED) is 0.245. The lowest BCUT2D eigenvalue weighted by Crippen LogP contribution is -3.00. The molecular formula is C30H27ClN4O2S. The van der Waals surface area contributed by atoms with E-state index in [4.69, 9.17) is 0 Å². The van der Waals surface area contributed by atoms with Gasteiger partial charge in [0.1, 0.15) is 5.69 Å². The van der Waals surface area contributed by atoms with Crippen LogP contribution in [0.3, 0.4) is 0 Å². The highest BCUT2D eigenvalue weighted by Gasteiger charge is 2.32. The van der Waals surface area contributed by atoms with Crippen LogP contribution in [0.5, 0.6) is 0 Å². The van der Waals surface area contributed by atoms with Crippen molar-refractivity contribution in [2.45, 2.75) is 18.9 Å². The number of para-hydroxylation sites is 1. The number of thioether (sulfide) groups is 1. The third kappa shape index (κ3) is 5.90. The number of carbonyl (C=O) groups excluding carboxylic acids is 2. The third-order valence-corrected chi connectivity index (χ3v) is 6.98. The molecule has 0 radical (unpaired) electrons. The van der Waals surface area contributed by atoms with Crippen LogP contribution in [0.2, 0.25) is 0 Å². The second-order valence-electron chi connectivity index (χ2n) is 8.78. The van der Waals surface area contributed by atoms with Crippen LogP contribution in [-0.4, -0.2) is 22.1 Å². The minimum atomic E-state index is -0.249. The molecule has 0 aliphatic rings. The molecule has 0 aliphatic heterocycles. The zero-order chi connectivity index (χ0) is 25.8. The van der Waals surface area contributed by atoms with Crippen LogP contribution >= 0.6 is 11.8 Å². The zero-order valence-electron chi connectivity index (χ0n) is 21.0. The molecule has 2 amide bonds. The van der Waals surface area contributed by atoms with Crippen LogP contribution in [0.1, 0.15) is 21.6 Å². The molecule has 0 bridgehead atoms. The van der Waals surface area contributed by atoms with Crippen molar-refractivity contribution in [2.75, 3.05) is 16.4 Å². The Bertz CT molecular complexity index is 1570. The Kier molecular flexibility index (Phi) is 8.51. The van der Waals surface area contributed by atoms with E-state index in [1.54, 1.807) is 0 Å². The summed E-state index contributed by atoms with van der Waals surface area (Å²) in [6.45, 7) is 4.01. The minimum absolute atomic E-state index is 0. The number of fused-ring (bicyclic) bond motifs is 1. The van der Waals surface area contributed by atoms with E-state index in [0.29, 0.717) is 16.4 Å². The highest BCUT2D eigenvalue weighted by Crippen LogP contribution is 2.29. The molecule has 3 aromatic carbocycles. The lowest BCUT2D eigenvalue weighted by atomic mass is 10.2. The summed E-state index contributed by atoms with van der Waals surface area (Å²) in [4.78, 5) is 26.6. The number of halogens is 1. The maximum absolute atomic E-state index is 13.7. The van der Waals surface area contributed by atoms with E-state index in [0.717, 1.165) is 28.1 Å². The normalized spacial score (nSPS) is 10.6. The molecule has 6 nitrogen and oxygen atoms in total. The highest BCUT2D eigenvalue weighted by molar-refractivity contribution is 8.00. The summed E-state index contributed by atoms with van der Waals surface area (Å²) in [6.07, 6.45) is 1.87. The van der Waals surface area contributed by atoms with Crippen molar-refractivity contribution in [3.05, 3.63) is 120 Å². The molecule has 0 saturated heterocycles. The maximum Gasteiger partial charge on any atom is 0.301 e. The number of imidazole rings is 1. The van der Waals surface area contributed by atoms with E-state index in [2.05, 4.69) is 10.6 Å². The second kappa shape index (κ2) is 12.0. The smallest absolute Gasteiger partial charge is 0.301 e. The number of amides is 2. The summed E-state index contributed by atoms with van der Waals surface area (Å²) in [5.41, 5.74) is 5.89. The molecule has 2 N–H and O–H groups in total. The fourth-order valence-corrected chi connectivity index (χ4v) is 5.08. The SMILES string of the molecule is Cc1ccc(NC(=O)CSc2c(C(=O)Nc3ccc(C)cc3)[n+]3ccccc3n2-c2ccccc2)cc1.[Cl-]. The Balaban J connectivity index is 0.00000336. The molecule has 5 rings (SSSR count). The van der Waals surface area contributed by atoms with Crippen LogP contribution in [0.4, 0.5) is 11.4 Å². The summed E-state index contributed by atoms with van der Waals surface area (Å²) in [5, 5.41) is 6.66. The Morgan fingerprint density at radius 2 is 1.34 bits per heavy atom. The monoisotopic (exact) mass is 542 g/mol. The van der Waals surface area contributed by atoms with Gasteiger partial charge >= 0.3 is 5.91 Å². The maximum atomic E-state index is 13.7. The third-order valence-electron chi connectivity index (χ3n) is 5.93. The highest BCUT2D eigenvalue weighted by atomic mass is 35.5. The van der Waals surface area contributed by atoms with Crippen molar-refractivity contribution in [3.8, 4) is 5.69 Å². The molecule has 192 valence electrons. The molecule has 38 heavy (non-hydrogen) atoms. The second-order valence-corrected chi connectivity index (χ2v) is 9.74. The van der Waals surface area contributed by atoms with E-state index in [9.17, 15) is 9.59 Å². The number of nitrogens with zero attached hydrogens (tertiary/aromatic N) is 2. The predicted octanol–water partition coefficient (Wildman–Crippen LogP) is 2.82. The Hall–Kier alpha value is -4.07. The van der Waals surface area contributed by atoms with Crippen molar-refractivity contribution in [1.82, 2.24) is 4.57 Å². The van der Waals surface area contributed by atoms with Gasteiger partial charge in [0, 0.05) is 17.4 Å². The first-order valence-electron chi connectivity index (χ1n) is 12.0. The summed E-state index contributed by atoms with van der Waals surface area (Å²) < 4.78 is 3.89. The van der Waals surface area contributed by atoms with Gasteiger partial charge in [0.05, 0.1) is 11.9 Å². The lowest BCUT2D eigenvalue weighted by molar-refractivity contribution is -0.514. The van der Waals surface area contributed by atoms with Gasteiger partial charge in [-0.3, -0.25) is 9.59 Å². The Morgan fingerprint density at radius 3 is 1.97 bits per heavy atom. The number of rotatable bonds is 7. The van der Waals surface area contributed by atoms with E-state index in [1.165, 1.54) is 11.8 Å². The molecule has 0 fully saturated rings. The number of hydrogen-bond donors (Lipinski definition) is 2. The summed E-state index contributed by atoms with van der Waals surface area (Å²) >= 11 is 1.34. The first-order chi connectivity index (χ1) is 18.0. The van der Waals surface area contributed by atoms with Gasteiger partial charge in [-0.15, -0.1) is 0 Å². The summed E-state index contributed by atoms with van der Waals surface area (Å²) in [5.74, 6) is -0.252. The van der Waals surface area contributed by atoms with Crippen LogP contribution in [-0.2, 0) is 4.79 Å². The van der Waals surface area contributed by atoms with Crippen molar-refractivity contribution in [1.29, 1.82) is 0 Å². The number of nitrogens with one attached hydrogen (secondary N) is 2. The average Bonchev–Trinajstić information content (AvgIpc) is 3.25. The fraction of sp³-hybridized carbons (Fsp3) is 0.100. The van der Waals surface area contributed by atoms with E-state index >= 15 is 0 Å². The molecule has 0 spiro atoms. The number of aryl methyl sites for hydroxylation is 2. The Morgan fingerprint density at radius 1 is 0.763 bits per heavy atom. The molecular weight excluding hydrogens is 516 g/mol. The number of aromatic nitrogens is 2. The molecule has 0 unspecified atom stereocenters. The first-order valence-corrected chi connectivity index (χ1v) is 13.0. The zero-order valence-corrected chi connectivity index (χ0v) is 22.6. The Labute approximate surface area is 232 Å². The number of benzene rings is 3. The number of carbonyl (C=O) groups is 2. The largest absolute Gasteiger partial charge is 1.00 e. The van der Waals surface area contributed by atoms with Gasteiger partial charge < -0.3 is 23.0 Å². The number of hydrogen-bond acceptors (Lipinski definition) is 3. The van der Waals surface area contributed by atoms with E-state index in [1.807, 2.05) is 126 Å². The number of pyridine rings is 1. The molecule has 0 atom stereocenters. The summed E-state index contributed by atoms with van der Waals surface area (Å²) in [7, 11) is 0. The van der Waals surface area contributed by atoms with E-state index in [-0.39, 0.29) is 30.0 Å². The standard InChI is InChI=1S/C30H26N4O2S.ClH/c1-21-11-15-23(16-12-21)31-26(35)20-37-30-28(29(36)32-24-17-13-22(2)14-18-24)33-19-7-6-10-27(33)34(30)25-8-4-3-5-9-25;/h3-19H,20H2,1-2H3,(H-,31,32,35,36);1H. The van der Waals surface area contributed by atoms with Crippen LogP contribution in [0, 0.1) is 13.8 Å². The van der Waals surface area contributed by atoms with Gasteiger partial charge in [-0.2, -0.15) is 8.97 Å². The van der Waals surface area contributed by atoms with Gasteiger partial charge in [0.15, 0.2) is 0 Å². The van der Waals surface area contributed by atoms with E-state index < -0.39 is 0 Å². The molecule has 5 aromatic rings. The van der Waals surface area contributed by atoms with Crippen molar-refractivity contribution in [3.63, 3.8) is 0 Å². The molecule has 0 saturated carbocycles. The fourth-order valence-electron chi connectivity index (χ4n) is 4.08. The van der Waals surface area contributed by atoms with Gasteiger partial charge in [0.2, 0.25) is 10.9 Å².